The van der Waals surface area contributed by atoms with Gasteiger partial charge in [0.05, 0.1) is 11.4 Å². The van der Waals surface area contributed by atoms with Crippen LogP contribution in [0.4, 0.5) is 0 Å². The van der Waals surface area contributed by atoms with E-state index in [1.54, 1.807) is 32.9 Å². The molecule has 0 radical (unpaired) electrons. The third kappa shape index (κ3) is 3.99. The summed E-state index contributed by atoms with van der Waals surface area (Å²) in [6.45, 7) is 4.65. The van der Waals surface area contributed by atoms with Crippen molar-refractivity contribution < 1.29 is 13.2 Å². The Bertz CT molecular complexity index is 669. The molecule has 21 heavy (non-hydrogen) atoms. The van der Waals surface area contributed by atoms with E-state index in [0.717, 1.165) is 4.31 Å². The zero-order chi connectivity index (χ0) is 16.4. The summed E-state index contributed by atoms with van der Waals surface area (Å²) < 4.78 is 26.4. The Morgan fingerprint density at radius 2 is 1.90 bits per heavy atom. The molecule has 1 aromatic carbocycles. The highest BCUT2D eigenvalue weighted by molar-refractivity contribution is 7.89. The van der Waals surface area contributed by atoms with E-state index in [9.17, 15) is 13.2 Å². The number of hydrogen-bond acceptors (Lipinski definition) is 4. The monoisotopic (exact) mass is 329 g/mol. The van der Waals surface area contributed by atoms with Crippen LogP contribution in [0, 0.1) is 6.92 Å². The maximum atomic E-state index is 12.7. The summed E-state index contributed by atoms with van der Waals surface area (Å²) in [5.74, 6) is -0.704. The molecule has 0 aliphatic carbocycles. The maximum Gasteiger partial charge on any atom is 0.244 e. The van der Waals surface area contributed by atoms with Crippen LogP contribution in [-0.2, 0) is 14.8 Å². The van der Waals surface area contributed by atoms with Crippen LogP contribution in [0.3, 0.4) is 0 Å². The van der Waals surface area contributed by atoms with Gasteiger partial charge in [-0.15, -0.1) is 0 Å². The number of thiocarbonyl (C=S) groups is 1. The van der Waals surface area contributed by atoms with Crippen LogP contribution < -0.4 is 11.5 Å². The highest BCUT2D eigenvalue weighted by atomic mass is 32.2. The lowest BCUT2D eigenvalue weighted by Gasteiger charge is -2.25. The van der Waals surface area contributed by atoms with Crippen LogP contribution in [-0.4, -0.2) is 36.2 Å². The van der Waals surface area contributed by atoms with Crippen LogP contribution in [0.1, 0.15) is 25.0 Å². The molecule has 116 valence electrons. The number of amides is 1. The van der Waals surface area contributed by atoms with Crippen molar-refractivity contribution in [2.24, 2.45) is 11.5 Å². The van der Waals surface area contributed by atoms with E-state index in [1.807, 2.05) is 0 Å². The number of benzene rings is 1. The fourth-order valence-corrected chi connectivity index (χ4v) is 3.85. The number of nitrogens with zero attached hydrogens (tertiary/aromatic N) is 1. The fourth-order valence-electron chi connectivity index (χ4n) is 1.92. The minimum absolute atomic E-state index is 0.109. The molecule has 0 saturated heterocycles. The molecule has 4 N–H and O–H groups in total. The van der Waals surface area contributed by atoms with E-state index in [-0.39, 0.29) is 16.4 Å². The van der Waals surface area contributed by atoms with Crippen molar-refractivity contribution in [2.75, 3.05) is 6.54 Å². The number of sulfonamides is 1. The van der Waals surface area contributed by atoms with Crippen molar-refractivity contribution in [3.63, 3.8) is 0 Å². The van der Waals surface area contributed by atoms with E-state index in [1.165, 1.54) is 6.07 Å². The normalized spacial score (nSPS) is 11.9. The van der Waals surface area contributed by atoms with Crippen LogP contribution in [0.2, 0.25) is 0 Å². The zero-order valence-electron chi connectivity index (χ0n) is 12.2. The molecule has 0 saturated carbocycles. The maximum absolute atomic E-state index is 12.7. The lowest BCUT2D eigenvalue weighted by Crippen LogP contribution is -2.42. The Labute approximate surface area is 130 Å². The average Bonchev–Trinajstić information content (AvgIpc) is 2.34. The second-order valence-electron chi connectivity index (χ2n) is 4.95. The van der Waals surface area contributed by atoms with E-state index < -0.39 is 22.0 Å². The number of primary amides is 1. The number of nitrogens with two attached hydrogens (primary N) is 2. The van der Waals surface area contributed by atoms with Gasteiger partial charge in [-0.05, 0) is 38.5 Å². The molecule has 1 amide bonds. The summed E-state index contributed by atoms with van der Waals surface area (Å²) in [6.07, 6.45) is 0. The minimum Gasteiger partial charge on any atom is -0.389 e. The number of carbonyl (C=O) groups is 1. The van der Waals surface area contributed by atoms with Crippen LogP contribution >= 0.6 is 12.2 Å². The second kappa shape index (κ2) is 6.50. The third-order valence-corrected chi connectivity index (χ3v) is 5.35. The Morgan fingerprint density at radius 1 is 1.33 bits per heavy atom. The van der Waals surface area contributed by atoms with Gasteiger partial charge in [-0.1, -0.05) is 18.3 Å². The summed E-state index contributed by atoms with van der Waals surface area (Å²) in [7, 11) is -3.82. The largest absolute Gasteiger partial charge is 0.389 e. The van der Waals surface area contributed by atoms with E-state index in [0.29, 0.717) is 11.1 Å². The lowest BCUT2D eigenvalue weighted by molar-refractivity contribution is -0.118. The van der Waals surface area contributed by atoms with Crippen LogP contribution in [0.5, 0.6) is 0 Å². The molecule has 0 aromatic heterocycles. The standard InChI is InChI=1S/C13H19N3O3S2/c1-8(2)16(7-12(14)17)21(18,19)11-5-4-10(13(15)20)6-9(11)3/h4-6,8H,7H2,1-3H3,(H2,14,17)(H2,15,20). The molecule has 0 fully saturated rings. The Kier molecular flexibility index (Phi) is 5.43. The highest BCUT2D eigenvalue weighted by Crippen LogP contribution is 2.22. The topological polar surface area (TPSA) is 106 Å². The van der Waals surface area contributed by atoms with Gasteiger partial charge in [-0.2, -0.15) is 4.31 Å². The first-order valence-electron chi connectivity index (χ1n) is 6.28. The summed E-state index contributed by atoms with van der Waals surface area (Å²) in [4.78, 5) is 11.4. The van der Waals surface area contributed by atoms with Crippen molar-refractivity contribution in [1.29, 1.82) is 0 Å². The third-order valence-electron chi connectivity index (χ3n) is 2.93. The van der Waals surface area contributed by atoms with Gasteiger partial charge in [0.2, 0.25) is 15.9 Å². The van der Waals surface area contributed by atoms with Gasteiger partial charge in [-0.3, -0.25) is 4.79 Å². The number of rotatable bonds is 6. The molecule has 1 rings (SSSR count). The van der Waals surface area contributed by atoms with Crippen LogP contribution in [0.25, 0.3) is 0 Å². The van der Waals surface area contributed by atoms with Crippen molar-refractivity contribution in [3.8, 4) is 0 Å². The Morgan fingerprint density at radius 3 is 2.29 bits per heavy atom. The fraction of sp³-hybridized carbons (Fsp3) is 0.385. The van der Waals surface area contributed by atoms with Gasteiger partial charge < -0.3 is 11.5 Å². The van der Waals surface area contributed by atoms with Gasteiger partial charge in [0, 0.05) is 11.6 Å². The minimum atomic E-state index is -3.82. The molecule has 0 spiro atoms. The molecule has 0 bridgehead atoms. The van der Waals surface area contributed by atoms with Crippen molar-refractivity contribution in [3.05, 3.63) is 29.3 Å². The first-order chi connectivity index (χ1) is 9.57. The van der Waals surface area contributed by atoms with Crippen molar-refractivity contribution in [1.82, 2.24) is 4.31 Å². The van der Waals surface area contributed by atoms with Gasteiger partial charge in [0.1, 0.15) is 4.99 Å². The zero-order valence-corrected chi connectivity index (χ0v) is 13.8. The molecule has 8 heteroatoms. The molecular weight excluding hydrogens is 310 g/mol. The first kappa shape index (κ1) is 17.5. The predicted molar refractivity (Wildman–Crippen MR) is 85.3 cm³/mol. The summed E-state index contributed by atoms with van der Waals surface area (Å²) in [5.41, 5.74) is 11.8. The number of aryl methyl sites for hydroxylation is 1. The number of carbonyl (C=O) groups excluding carboxylic acids is 1. The van der Waals surface area contributed by atoms with Gasteiger partial charge in [0.25, 0.3) is 0 Å². The molecule has 1 aromatic rings. The summed E-state index contributed by atoms with van der Waals surface area (Å²) >= 11 is 4.87. The summed E-state index contributed by atoms with van der Waals surface area (Å²) in [5, 5.41) is 0. The quantitative estimate of drug-likeness (QED) is 0.740. The molecular formula is C13H19N3O3S2. The lowest BCUT2D eigenvalue weighted by atomic mass is 10.1. The predicted octanol–water partition coefficient (Wildman–Crippen LogP) is 0.514. The molecule has 0 aliphatic heterocycles. The smallest absolute Gasteiger partial charge is 0.244 e. The molecule has 0 unspecified atom stereocenters. The molecule has 6 nitrogen and oxygen atoms in total. The molecule has 0 atom stereocenters. The van der Waals surface area contributed by atoms with E-state index in [2.05, 4.69) is 0 Å². The summed E-state index contributed by atoms with van der Waals surface area (Å²) in [6, 6.07) is 4.20. The van der Waals surface area contributed by atoms with Gasteiger partial charge >= 0.3 is 0 Å². The molecule has 0 heterocycles. The van der Waals surface area contributed by atoms with Crippen molar-refractivity contribution in [2.45, 2.75) is 31.7 Å². The Balaban J connectivity index is 3.35. The van der Waals surface area contributed by atoms with Crippen LogP contribution in [0.15, 0.2) is 23.1 Å². The van der Waals surface area contributed by atoms with Gasteiger partial charge in [0.15, 0.2) is 0 Å². The molecule has 0 aliphatic rings. The number of hydrogen-bond donors (Lipinski definition) is 2. The first-order valence-corrected chi connectivity index (χ1v) is 8.12. The second-order valence-corrected chi connectivity index (χ2v) is 7.25. The highest BCUT2D eigenvalue weighted by Gasteiger charge is 2.29. The van der Waals surface area contributed by atoms with E-state index in [4.69, 9.17) is 23.7 Å². The SMILES string of the molecule is Cc1cc(C(N)=S)ccc1S(=O)(=O)N(CC(N)=O)C(C)C. The average molecular weight is 329 g/mol. The van der Waals surface area contributed by atoms with Gasteiger partial charge in [-0.25, -0.2) is 8.42 Å². The Hall–Kier alpha value is -1.51. The van der Waals surface area contributed by atoms with Crippen molar-refractivity contribution >= 4 is 33.1 Å². The van der Waals surface area contributed by atoms with E-state index >= 15 is 0 Å².